The number of amides is 2. The van der Waals surface area contributed by atoms with Crippen LogP contribution in [0, 0.1) is 11.8 Å². The number of carboxylic acid groups (broad SMARTS) is 1. The van der Waals surface area contributed by atoms with Crippen molar-refractivity contribution in [2.45, 2.75) is 51.1 Å². The molecule has 0 aromatic heterocycles. The van der Waals surface area contributed by atoms with Gasteiger partial charge in [-0.3, -0.25) is 9.59 Å². The maximum absolute atomic E-state index is 12.8. The van der Waals surface area contributed by atoms with Crippen molar-refractivity contribution in [3.8, 4) is 11.1 Å². The summed E-state index contributed by atoms with van der Waals surface area (Å²) in [6, 6.07) is 15.3. The number of carbonyl (C=O) groups excluding carboxylic acids is 2. The van der Waals surface area contributed by atoms with Gasteiger partial charge in [0.1, 0.15) is 12.6 Å². The number of rotatable bonds is 7. The quantitative estimate of drug-likeness (QED) is 0.593. The van der Waals surface area contributed by atoms with Gasteiger partial charge in [-0.1, -0.05) is 62.4 Å². The van der Waals surface area contributed by atoms with Gasteiger partial charge in [-0.25, -0.2) is 4.79 Å². The Kier molecular flexibility index (Phi) is 6.67. The fraction of sp³-hybridized carbons (Fsp3) is 0.423. The van der Waals surface area contributed by atoms with E-state index in [0.717, 1.165) is 22.3 Å². The molecular formula is C26H30N2O5. The minimum atomic E-state index is -0.830. The molecule has 1 fully saturated rings. The van der Waals surface area contributed by atoms with Crippen molar-refractivity contribution in [3.05, 3.63) is 59.7 Å². The molecule has 3 N–H and O–H groups in total. The van der Waals surface area contributed by atoms with E-state index >= 15 is 0 Å². The van der Waals surface area contributed by atoms with Gasteiger partial charge in [0.25, 0.3) is 0 Å². The van der Waals surface area contributed by atoms with Gasteiger partial charge in [0.05, 0.1) is 5.92 Å². The molecule has 174 valence electrons. The molecule has 0 bridgehead atoms. The summed E-state index contributed by atoms with van der Waals surface area (Å²) >= 11 is 0. The van der Waals surface area contributed by atoms with E-state index < -0.39 is 24.0 Å². The Morgan fingerprint density at radius 2 is 1.61 bits per heavy atom. The maximum Gasteiger partial charge on any atom is 0.407 e. The van der Waals surface area contributed by atoms with Crippen molar-refractivity contribution in [2.24, 2.45) is 11.8 Å². The number of benzene rings is 2. The lowest BCUT2D eigenvalue weighted by molar-refractivity contribution is -0.141. The summed E-state index contributed by atoms with van der Waals surface area (Å²) < 4.78 is 5.58. The highest BCUT2D eigenvalue weighted by molar-refractivity contribution is 5.86. The average molecular weight is 451 g/mol. The number of hydrogen-bond donors (Lipinski definition) is 3. The van der Waals surface area contributed by atoms with E-state index in [9.17, 15) is 14.4 Å². The van der Waals surface area contributed by atoms with Crippen LogP contribution in [-0.4, -0.2) is 41.8 Å². The minimum absolute atomic E-state index is 0.0547. The molecule has 7 nitrogen and oxygen atoms in total. The number of aliphatic carboxylic acids is 1. The first-order valence-electron chi connectivity index (χ1n) is 11.5. The van der Waals surface area contributed by atoms with Crippen molar-refractivity contribution in [2.75, 3.05) is 6.61 Å². The Bertz CT molecular complexity index is 1000. The molecule has 7 heteroatoms. The van der Waals surface area contributed by atoms with Crippen LogP contribution in [0.15, 0.2) is 48.5 Å². The topological polar surface area (TPSA) is 105 Å². The van der Waals surface area contributed by atoms with Gasteiger partial charge in [-0.05, 0) is 47.4 Å². The third-order valence-corrected chi connectivity index (χ3v) is 6.69. The van der Waals surface area contributed by atoms with Crippen molar-refractivity contribution in [1.29, 1.82) is 0 Å². The molecule has 4 rings (SSSR count). The van der Waals surface area contributed by atoms with Crippen molar-refractivity contribution in [1.82, 2.24) is 10.6 Å². The second-order valence-corrected chi connectivity index (χ2v) is 9.25. The highest BCUT2D eigenvalue weighted by Crippen LogP contribution is 2.44. The first kappa shape index (κ1) is 22.8. The molecule has 0 spiro atoms. The average Bonchev–Trinajstić information content (AvgIpc) is 3.39. The molecule has 0 radical (unpaired) electrons. The standard InChI is InChI=1S/C26H30N2O5/c1-15(2)23(24(29)27-17-12-11-16(13-17)25(30)31)28-26(32)33-14-22-20-9-5-3-7-18(20)19-8-4-6-10-21(19)22/h3-10,15-17,22-23H,11-14H2,1-2H3,(H,27,29)(H,28,32)(H,30,31)/t16-,17+,23-/m1/s1. The number of fused-ring (bicyclic) bond motifs is 3. The zero-order valence-corrected chi connectivity index (χ0v) is 18.9. The molecule has 1 saturated carbocycles. The minimum Gasteiger partial charge on any atom is -0.481 e. The lowest BCUT2D eigenvalue weighted by Crippen LogP contribution is -2.52. The highest BCUT2D eigenvalue weighted by Gasteiger charge is 2.34. The van der Waals surface area contributed by atoms with Crippen LogP contribution in [0.25, 0.3) is 11.1 Å². The molecule has 2 amide bonds. The van der Waals surface area contributed by atoms with Crippen molar-refractivity contribution < 1.29 is 24.2 Å². The molecule has 0 saturated heterocycles. The summed E-state index contributed by atoms with van der Waals surface area (Å²) in [6.45, 7) is 3.88. The zero-order valence-electron chi connectivity index (χ0n) is 18.9. The largest absolute Gasteiger partial charge is 0.481 e. The van der Waals surface area contributed by atoms with E-state index in [1.807, 2.05) is 38.1 Å². The predicted octanol–water partition coefficient (Wildman–Crippen LogP) is 3.92. The van der Waals surface area contributed by atoms with E-state index in [4.69, 9.17) is 9.84 Å². The highest BCUT2D eigenvalue weighted by atomic mass is 16.5. The Morgan fingerprint density at radius 3 is 2.15 bits per heavy atom. The van der Waals surface area contributed by atoms with Crippen LogP contribution in [0.2, 0.25) is 0 Å². The van der Waals surface area contributed by atoms with E-state index in [1.165, 1.54) is 0 Å². The number of carboxylic acids is 1. The Balaban J connectivity index is 1.36. The van der Waals surface area contributed by atoms with Gasteiger partial charge in [0.15, 0.2) is 0 Å². The molecule has 0 aliphatic heterocycles. The molecule has 2 aliphatic carbocycles. The Morgan fingerprint density at radius 1 is 1.00 bits per heavy atom. The number of ether oxygens (including phenoxy) is 1. The summed E-state index contributed by atoms with van der Waals surface area (Å²) in [6.07, 6.45) is 0.947. The summed E-state index contributed by atoms with van der Waals surface area (Å²) in [7, 11) is 0. The van der Waals surface area contributed by atoms with Gasteiger partial charge in [-0.2, -0.15) is 0 Å². The first-order valence-corrected chi connectivity index (χ1v) is 11.5. The lowest BCUT2D eigenvalue weighted by atomic mass is 9.98. The predicted molar refractivity (Wildman–Crippen MR) is 124 cm³/mol. The second kappa shape index (κ2) is 9.65. The van der Waals surface area contributed by atoms with Gasteiger partial charge >= 0.3 is 12.1 Å². The fourth-order valence-corrected chi connectivity index (χ4v) is 4.93. The number of hydrogen-bond acceptors (Lipinski definition) is 4. The molecule has 2 aliphatic rings. The zero-order chi connectivity index (χ0) is 23.5. The smallest absolute Gasteiger partial charge is 0.407 e. The van der Waals surface area contributed by atoms with Crippen LogP contribution in [0.4, 0.5) is 4.79 Å². The van der Waals surface area contributed by atoms with Gasteiger partial charge in [0, 0.05) is 12.0 Å². The van der Waals surface area contributed by atoms with E-state index in [-0.39, 0.29) is 30.4 Å². The van der Waals surface area contributed by atoms with Crippen LogP contribution >= 0.6 is 0 Å². The van der Waals surface area contributed by atoms with Gasteiger partial charge in [0.2, 0.25) is 5.91 Å². The summed E-state index contributed by atoms with van der Waals surface area (Å²) in [4.78, 5) is 36.6. The lowest BCUT2D eigenvalue weighted by Gasteiger charge is -2.24. The summed E-state index contributed by atoms with van der Waals surface area (Å²) in [5, 5.41) is 14.8. The molecule has 2 aromatic rings. The van der Waals surface area contributed by atoms with Crippen LogP contribution in [0.1, 0.15) is 50.2 Å². The maximum atomic E-state index is 12.8. The number of carbonyl (C=O) groups is 3. The van der Waals surface area contributed by atoms with Crippen molar-refractivity contribution >= 4 is 18.0 Å². The van der Waals surface area contributed by atoms with E-state index in [1.54, 1.807) is 0 Å². The molecule has 2 aromatic carbocycles. The molecule has 0 unspecified atom stereocenters. The normalized spacial score (nSPS) is 20.1. The number of alkyl carbamates (subject to hydrolysis) is 1. The Hall–Kier alpha value is -3.35. The summed E-state index contributed by atoms with van der Waals surface area (Å²) in [5.74, 6) is -1.77. The molecular weight excluding hydrogens is 420 g/mol. The second-order valence-electron chi connectivity index (χ2n) is 9.25. The fourth-order valence-electron chi connectivity index (χ4n) is 4.93. The van der Waals surface area contributed by atoms with E-state index in [0.29, 0.717) is 19.3 Å². The number of nitrogens with one attached hydrogen (secondary N) is 2. The summed E-state index contributed by atoms with van der Waals surface area (Å²) in [5.41, 5.74) is 4.55. The third kappa shape index (κ3) is 4.87. The molecule has 33 heavy (non-hydrogen) atoms. The van der Waals surface area contributed by atoms with Crippen LogP contribution < -0.4 is 10.6 Å². The van der Waals surface area contributed by atoms with Crippen molar-refractivity contribution in [3.63, 3.8) is 0 Å². The monoisotopic (exact) mass is 450 g/mol. The SMILES string of the molecule is CC(C)[C@@H](NC(=O)OCC1c2ccccc2-c2ccccc21)C(=O)N[C@H]1CC[C@@H](C(=O)O)C1. The third-order valence-electron chi connectivity index (χ3n) is 6.69. The van der Waals surface area contributed by atoms with Crippen LogP contribution in [0.3, 0.4) is 0 Å². The first-order chi connectivity index (χ1) is 15.8. The van der Waals surface area contributed by atoms with Gasteiger partial charge in [-0.15, -0.1) is 0 Å². The van der Waals surface area contributed by atoms with E-state index in [2.05, 4.69) is 34.9 Å². The van der Waals surface area contributed by atoms with Gasteiger partial charge < -0.3 is 20.5 Å². The molecule has 0 heterocycles. The van der Waals surface area contributed by atoms with Crippen LogP contribution in [-0.2, 0) is 14.3 Å². The Labute approximate surface area is 193 Å². The molecule has 3 atom stereocenters. The van der Waals surface area contributed by atoms with Crippen LogP contribution in [0.5, 0.6) is 0 Å².